The van der Waals surface area contributed by atoms with Gasteiger partial charge < -0.3 is 11.1 Å². The number of anilines is 3. The lowest BCUT2D eigenvalue weighted by atomic mass is 10.2. The smallest absolute Gasteiger partial charge is 0.101 e. The predicted octanol–water partition coefficient (Wildman–Crippen LogP) is 4.30. The SMILES string of the molecule is N#Cc1ccc(Nc2cc(Br)ccc2Cl)cc1N. The number of halogens is 2. The number of nitrogens with one attached hydrogen (secondary N) is 1. The van der Waals surface area contributed by atoms with Gasteiger partial charge in [-0.25, -0.2) is 0 Å². The molecule has 0 amide bonds. The van der Waals surface area contributed by atoms with Gasteiger partial charge in [-0.2, -0.15) is 5.26 Å². The second-order valence-corrected chi connectivity index (χ2v) is 4.99. The number of hydrogen-bond acceptors (Lipinski definition) is 3. The Morgan fingerprint density at radius 2 is 2.00 bits per heavy atom. The molecule has 0 aliphatic carbocycles. The summed E-state index contributed by atoms with van der Waals surface area (Å²) in [6, 6.07) is 12.7. The van der Waals surface area contributed by atoms with Crippen molar-refractivity contribution in [2.45, 2.75) is 0 Å². The van der Waals surface area contributed by atoms with Crippen molar-refractivity contribution in [3.05, 3.63) is 51.5 Å². The summed E-state index contributed by atoms with van der Waals surface area (Å²) in [4.78, 5) is 0. The van der Waals surface area contributed by atoms with Crippen LogP contribution < -0.4 is 11.1 Å². The van der Waals surface area contributed by atoms with Crippen LogP contribution in [-0.4, -0.2) is 0 Å². The van der Waals surface area contributed by atoms with Gasteiger partial charge in [0, 0.05) is 10.2 Å². The van der Waals surface area contributed by atoms with E-state index in [0.29, 0.717) is 16.3 Å². The van der Waals surface area contributed by atoms with Crippen LogP contribution in [0, 0.1) is 11.3 Å². The first-order valence-electron chi connectivity index (χ1n) is 5.12. The van der Waals surface area contributed by atoms with Crippen molar-refractivity contribution in [3.63, 3.8) is 0 Å². The fourth-order valence-electron chi connectivity index (χ4n) is 1.49. The third kappa shape index (κ3) is 2.76. The highest BCUT2D eigenvalue weighted by molar-refractivity contribution is 9.10. The summed E-state index contributed by atoms with van der Waals surface area (Å²) in [5.41, 5.74) is 8.20. The van der Waals surface area contributed by atoms with Crippen molar-refractivity contribution < 1.29 is 0 Å². The van der Waals surface area contributed by atoms with Crippen LogP contribution in [0.3, 0.4) is 0 Å². The van der Waals surface area contributed by atoms with E-state index < -0.39 is 0 Å². The first-order chi connectivity index (χ1) is 8.60. The van der Waals surface area contributed by atoms with Crippen LogP contribution in [0.4, 0.5) is 17.1 Å². The Morgan fingerprint density at radius 3 is 2.67 bits per heavy atom. The minimum absolute atomic E-state index is 0.439. The van der Waals surface area contributed by atoms with Crippen molar-refractivity contribution in [2.75, 3.05) is 11.1 Å². The van der Waals surface area contributed by atoms with E-state index in [0.717, 1.165) is 15.8 Å². The number of benzene rings is 2. The lowest BCUT2D eigenvalue weighted by Crippen LogP contribution is -1.95. The minimum atomic E-state index is 0.439. The summed E-state index contributed by atoms with van der Waals surface area (Å²) in [6.45, 7) is 0. The highest BCUT2D eigenvalue weighted by Crippen LogP contribution is 2.29. The Morgan fingerprint density at radius 1 is 1.22 bits per heavy atom. The average Bonchev–Trinajstić information content (AvgIpc) is 2.34. The molecule has 0 spiro atoms. The molecule has 5 heteroatoms. The summed E-state index contributed by atoms with van der Waals surface area (Å²) in [5, 5.41) is 12.6. The maximum atomic E-state index is 8.80. The molecule has 2 aromatic rings. The van der Waals surface area contributed by atoms with Gasteiger partial charge in [0.25, 0.3) is 0 Å². The lowest BCUT2D eigenvalue weighted by Gasteiger charge is -2.10. The Bertz CT molecular complexity index is 635. The molecule has 0 radical (unpaired) electrons. The number of nitrogen functional groups attached to an aromatic ring is 1. The van der Waals surface area contributed by atoms with E-state index in [4.69, 9.17) is 22.6 Å². The van der Waals surface area contributed by atoms with Crippen LogP contribution in [0.5, 0.6) is 0 Å². The fraction of sp³-hybridized carbons (Fsp3) is 0. The number of nitrogens with two attached hydrogens (primary N) is 1. The monoisotopic (exact) mass is 321 g/mol. The molecule has 0 saturated heterocycles. The summed E-state index contributed by atoms with van der Waals surface area (Å²) >= 11 is 9.46. The maximum Gasteiger partial charge on any atom is 0.101 e. The Kier molecular flexibility index (Phi) is 3.75. The van der Waals surface area contributed by atoms with Gasteiger partial charge in [0.15, 0.2) is 0 Å². The molecule has 2 rings (SSSR count). The summed E-state index contributed by atoms with van der Waals surface area (Å²) in [5.74, 6) is 0. The highest BCUT2D eigenvalue weighted by atomic mass is 79.9. The van der Waals surface area contributed by atoms with Gasteiger partial charge in [0.05, 0.1) is 22.0 Å². The van der Waals surface area contributed by atoms with Gasteiger partial charge >= 0.3 is 0 Å². The van der Waals surface area contributed by atoms with Crippen molar-refractivity contribution in [2.24, 2.45) is 0 Å². The standard InChI is InChI=1S/C13H9BrClN3/c14-9-2-4-11(15)13(5-9)18-10-3-1-8(7-16)12(17)6-10/h1-6,18H,17H2. The zero-order valence-corrected chi connectivity index (χ0v) is 11.6. The zero-order valence-electron chi connectivity index (χ0n) is 9.24. The molecule has 0 bridgehead atoms. The van der Waals surface area contributed by atoms with E-state index in [9.17, 15) is 0 Å². The quantitative estimate of drug-likeness (QED) is 0.810. The van der Waals surface area contributed by atoms with Gasteiger partial charge in [-0.05, 0) is 36.4 Å². The van der Waals surface area contributed by atoms with Gasteiger partial charge in [0.1, 0.15) is 6.07 Å². The molecular formula is C13H9BrClN3. The zero-order chi connectivity index (χ0) is 13.1. The third-order valence-corrected chi connectivity index (χ3v) is 3.20. The minimum Gasteiger partial charge on any atom is -0.398 e. The summed E-state index contributed by atoms with van der Waals surface area (Å²) in [6.07, 6.45) is 0. The predicted molar refractivity (Wildman–Crippen MR) is 78.0 cm³/mol. The molecule has 2 aromatic carbocycles. The molecule has 0 saturated carbocycles. The van der Waals surface area contributed by atoms with Crippen LogP contribution in [-0.2, 0) is 0 Å². The molecule has 0 unspecified atom stereocenters. The molecule has 0 fully saturated rings. The largest absolute Gasteiger partial charge is 0.398 e. The number of rotatable bonds is 2. The van der Waals surface area contributed by atoms with E-state index in [1.807, 2.05) is 18.2 Å². The van der Waals surface area contributed by atoms with Crippen molar-refractivity contribution in [3.8, 4) is 6.07 Å². The number of nitrogens with zero attached hydrogens (tertiary/aromatic N) is 1. The molecule has 0 atom stereocenters. The van der Waals surface area contributed by atoms with Crippen LogP contribution in [0.2, 0.25) is 5.02 Å². The molecule has 0 aliphatic rings. The fourth-order valence-corrected chi connectivity index (χ4v) is 2.02. The molecule has 3 N–H and O–H groups in total. The average molecular weight is 323 g/mol. The highest BCUT2D eigenvalue weighted by Gasteiger charge is 2.04. The van der Waals surface area contributed by atoms with E-state index >= 15 is 0 Å². The van der Waals surface area contributed by atoms with Gasteiger partial charge in [-0.15, -0.1) is 0 Å². The molecule has 0 aromatic heterocycles. The first kappa shape index (κ1) is 12.7. The van der Waals surface area contributed by atoms with Gasteiger partial charge in [0.2, 0.25) is 0 Å². The third-order valence-electron chi connectivity index (χ3n) is 2.38. The number of nitriles is 1. The van der Waals surface area contributed by atoms with Crippen LogP contribution in [0.1, 0.15) is 5.56 Å². The van der Waals surface area contributed by atoms with Crippen molar-refractivity contribution in [1.82, 2.24) is 0 Å². The van der Waals surface area contributed by atoms with Crippen LogP contribution in [0.15, 0.2) is 40.9 Å². The Balaban J connectivity index is 2.32. The lowest BCUT2D eigenvalue weighted by molar-refractivity contribution is 1.47. The maximum absolute atomic E-state index is 8.80. The molecule has 90 valence electrons. The first-order valence-corrected chi connectivity index (χ1v) is 6.29. The van der Waals surface area contributed by atoms with E-state index in [1.54, 1.807) is 24.3 Å². The van der Waals surface area contributed by atoms with Crippen LogP contribution >= 0.6 is 27.5 Å². The van der Waals surface area contributed by atoms with Crippen molar-refractivity contribution in [1.29, 1.82) is 5.26 Å². The topological polar surface area (TPSA) is 61.8 Å². The number of hydrogen-bond donors (Lipinski definition) is 2. The van der Waals surface area contributed by atoms with Crippen molar-refractivity contribution >= 4 is 44.6 Å². The molecule has 18 heavy (non-hydrogen) atoms. The summed E-state index contributed by atoms with van der Waals surface area (Å²) in [7, 11) is 0. The van der Waals surface area contributed by atoms with Crippen LogP contribution in [0.25, 0.3) is 0 Å². The van der Waals surface area contributed by atoms with E-state index in [2.05, 4.69) is 21.2 Å². The molecule has 0 heterocycles. The molecule has 3 nitrogen and oxygen atoms in total. The Hall–Kier alpha value is -1.70. The Labute approximate surface area is 118 Å². The van der Waals surface area contributed by atoms with E-state index in [-0.39, 0.29) is 0 Å². The van der Waals surface area contributed by atoms with E-state index in [1.165, 1.54) is 0 Å². The summed E-state index contributed by atoms with van der Waals surface area (Å²) < 4.78 is 0.927. The second kappa shape index (κ2) is 5.30. The second-order valence-electron chi connectivity index (χ2n) is 3.66. The van der Waals surface area contributed by atoms with Gasteiger partial charge in [-0.3, -0.25) is 0 Å². The molecular weight excluding hydrogens is 314 g/mol. The molecule has 0 aliphatic heterocycles. The van der Waals surface area contributed by atoms with Gasteiger partial charge in [-0.1, -0.05) is 27.5 Å². The normalized spacial score (nSPS) is 9.83.